The van der Waals surface area contributed by atoms with Crippen LogP contribution in [0.25, 0.3) is 11.1 Å². The van der Waals surface area contributed by atoms with E-state index in [9.17, 15) is 37.8 Å². The van der Waals surface area contributed by atoms with Gasteiger partial charge in [-0.25, -0.2) is 9.59 Å². The van der Waals surface area contributed by atoms with Gasteiger partial charge in [-0.3, -0.25) is 4.79 Å². The van der Waals surface area contributed by atoms with Gasteiger partial charge in [0.2, 0.25) is 0 Å². The van der Waals surface area contributed by atoms with Gasteiger partial charge in [0.1, 0.15) is 23.6 Å². The van der Waals surface area contributed by atoms with Gasteiger partial charge < -0.3 is 30.4 Å². The van der Waals surface area contributed by atoms with Gasteiger partial charge >= 0.3 is 18.1 Å². The predicted molar refractivity (Wildman–Crippen MR) is 113 cm³/mol. The van der Waals surface area contributed by atoms with Crippen molar-refractivity contribution in [2.45, 2.75) is 12.8 Å². The van der Waals surface area contributed by atoms with E-state index in [-0.39, 0.29) is 22.6 Å². The molecule has 0 fully saturated rings. The van der Waals surface area contributed by atoms with Crippen LogP contribution in [0.5, 0.6) is 11.5 Å². The van der Waals surface area contributed by atoms with Crippen LogP contribution in [0.15, 0.2) is 47.3 Å². The average Bonchev–Trinajstić information content (AvgIpc) is 2.75. The number of benzene rings is 2. The number of rotatable bonds is 7. The smallest absolute Gasteiger partial charge is 0.416 e. The molecule has 0 aliphatic carbocycles. The Kier molecular flexibility index (Phi) is 6.52. The molecule has 0 unspecified atom stereocenters. The molecule has 2 aromatic carbocycles. The molecule has 0 spiro atoms. The van der Waals surface area contributed by atoms with Crippen molar-refractivity contribution < 1.29 is 42.4 Å². The molecule has 3 aromatic rings. The summed E-state index contributed by atoms with van der Waals surface area (Å²) in [6, 6.07) is 8.38. The van der Waals surface area contributed by atoms with Crippen molar-refractivity contribution in [1.29, 1.82) is 0 Å². The van der Waals surface area contributed by atoms with Crippen LogP contribution in [0.3, 0.4) is 0 Å². The fraction of sp³-hybridized carbons (Fsp3) is 0.136. The first-order valence-corrected chi connectivity index (χ1v) is 9.44. The van der Waals surface area contributed by atoms with Gasteiger partial charge in [0.25, 0.3) is 5.56 Å². The number of methoxy groups -OCH3 is 1. The Morgan fingerprint density at radius 3 is 2.29 bits per heavy atom. The maximum absolute atomic E-state index is 13.0. The van der Waals surface area contributed by atoms with Crippen molar-refractivity contribution in [3.8, 4) is 22.6 Å². The monoisotopic (exact) mass is 478 g/mol. The van der Waals surface area contributed by atoms with Crippen LogP contribution in [0.1, 0.15) is 31.8 Å². The standard InChI is InChI=1S/C22H17F3N2O7/c1-33-13-7-3-6-12(14-15(20(29)30)18(26)27-19(28)16(14)21(31)32)17(13)34-9-10-4-2-5-11(8-10)22(23,24)25/h2-8H,9H2,1H3,(H,29,30)(H,31,32)(H3,26,27,28). The second-order valence-electron chi connectivity index (χ2n) is 6.93. The van der Waals surface area contributed by atoms with Gasteiger partial charge in [0, 0.05) is 11.1 Å². The quantitative estimate of drug-likeness (QED) is 0.402. The molecule has 0 radical (unpaired) electrons. The van der Waals surface area contributed by atoms with Crippen molar-refractivity contribution in [3.05, 3.63) is 75.1 Å². The number of carbonyl (C=O) groups is 2. The zero-order valence-electron chi connectivity index (χ0n) is 17.4. The lowest BCUT2D eigenvalue weighted by Gasteiger charge is -2.18. The number of nitrogens with one attached hydrogen (secondary N) is 1. The third-order valence-corrected chi connectivity index (χ3v) is 4.78. The molecule has 0 bridgehead atoms. The molecular weight excluding hydrogens is 461 g/mol. The van der Waals surface area contributed by atoms with Gasteiger partial charge in [-0.1, -0.05) is 24.3 Å². The number of nitrogen functional groups attached to an aromatic ring is 1. The minimum absolute atomic E-state index is 0.0102. The summed E-state index contributed by atoms with van der Waals surface area (Å²) in [4.78, 5) is 38.1. The number of nitrogens with two attached hydrogens (primary N) is 1. The number of aromatic amines is 1. The van der Waals surface area contributed by atoms with E-state index in [1.807, 2.05) is 4.98 Å². The summed E-state index contributed by atoms with van der Waals surface area (Å²) < 4.78 is 50.0. The predicted octanol–water partition coefficient (Wildman–Crippen LogP) is 3.63. The highest BCUT2D eigenvalue weighted by Gasteiger charge is 2.31. The van der Waals surface area contributed by atoms with E-state index in [2.05, 4.69) is 0 Å². The molecule has 178 valence electrons. The van der Waals surface area contributed by atoms with Gasteiger partial charge in [0.15, 0.2) is 11.5 Å². The Morgan fingerprint density at radius 2 is 1.71 bits per heavy atom. The van der Waals surface area contributed by atoms with E-state index in [0.717, 1.165) is 12.1 Å². The van der Waals surface area contributed by atoms with Crippen LogP contribution in [0.4, 0.5) is 19.0 Å². The van der Waals surface area contributed by atoms with E-state index in [0.29, 0.717) is 0 Å². The Bertz CT molecular complexity index is 1330. The molecule has 34 heavy (non-hydrogen) atoms. The van der Waals surface area contributed by atoms with Crippen LogP contribution in [0.2, 0.25) is 0 Å². The SMILES string of the molecule is COc1cccc(-c2c(C(=O)O)c(N)[nH]c(=O)c2C(=O)O)c1OCc1cccc(C(F)(F)F)c1. The van der Waals surface area contributed by atoms with Crippen LogP contribution < -0.4 is 20.8 Å². The highest BCUT2D eigenvalue weighted by Crippen LogP contribution is 2.42. The number of aromatic carboxylic acids is 2. The Hall–Kier alpha value is -4.48. The van der Waals surface area contributed by atoms with Crippen LogP contribution in [-0.2, 0) is 12.8 Å². The van der Waals surface area contributed by atoms with E-state index < -0.39 is 58.4 Å². The lowest BCUT2D eigenvalue weighted by Crippen LogP contribution is -2.24. The molecule has 1 aromatic heterocycles. The number of pyridine rings is 1. The summed E-state index contributed by atoms with van der Waals surface area (Å²) in [7, 11) is 1.25. The lowest BCUT2D eigenvalue weighted by molar-refractivity contribution is -0.137. The van der Waals surface area contributed by atoms with Crippen molar-refractivity contribution in [1.82, 2.24) is 4.98 Å². The third-order valence-electron chi connectivity index (χ3n) is 4.78. The summed E-state index contributed by atoms with van der Waals surface area (Å²) >= 11 is 0. The molecule has 0 saturated carbocycles. The van der Waals surface area contributed by atoms with E-state index in [1.165, 1.54) is 37.4 Å². The van der Waals surface area contributed by atoms with Crippen molar-refractivity contribution in [2.75, 3.05) is 12.8 Å². The number of ether oxygens (including phenoxy) is 2. The molecule has 0 aliphatic heterocycles. The van der Waals surface area contributed by atoms with Crippen molar-refractivity contribution in [2.24, 2.45) is 0 Å². The first-order valence-electron chi connectivity index (χ1n) is 9.44. The zero-order chi connectivity index (χ0) is 25.2. The van der Waals surface area contributed by atoms with Crippen LogP contribution in [0, 0.1) is 0 Å². The molecule has 3 rings (SSSR count). The number of hydrogen-bond donors (Lipinski definition) is 4. The van der Waals surface area contributed by atoms with E-state index in [1.54, 1.807) is 0 Å². The molecule has 0 saturated heterocycles. The average molecular weight is 478 g/mol. The summed E-state index contributed by atoms with van der Waals surface area (Å²) in [5.74, 6) is -4.14. The van der Waals surface area contributed by atoms with E-state index >= 15 is 0 Å². The van der Waals surface area contributed by atoms with E-state index in [4.69, 9.17) is 15.2 Å². The number of carboxylic acid groups (broad SMARTS) is 2. The second-order valence-corrected chi connectivity index (χ2v) is 6.93. The van der Waals surface area contributed by atoms with Gasteiger partial charge in [-0.2, -0.15) is 13.2 Å². The number of hydrogen-bond acceptors (Lipinski definition) is 6. The largest absolute Gasteiger partial charge is 0.493 e. The lowest BCUT2D eigenvalue weighted by atomic mass is 9.94. The van der Waals surface area contributed by atoms with Crippen LogP contribution >= 0.6 is 0 Å². The highest BCUT2D eigenvalue weighted by molar-refractivity contribution is 6.08. The normalized spacial score (nSPS) is 11.2. The third kappa shape index (κ3) is 4.65. The second kappa shape index (κ2) is 9.17. The zero-order valence-corrected chi connectivity index (χ0v) is 17.4. The molecular formula is C22H17F3N2O7. The molecule has 1 heterocycles. The minimum atomic E-state index is -4.58. The fourth-order valence-electron chi connectivity index (χ4n) is 3.33. The number of aromatic nitrogens is 1. The maximum Gasteiger partial charge on any atom is 0.416 e. The molecule has 0 atom stereocenters. The molecule has 0 amide bonds. The Labute approximate surface area is 189 Å². The summed E-state index contributed by atoms with van der Waals surface area (Å²) in [5.41, 5.74) is 1.40. The first-order chi connectivity index (χ1) is 16.0. The van der Waals surface area contributed by atoms with Crippen molar-refractivity contribution in [3.63, 3.8) is 0 Å². The fourth-order valence-corrected chi connectivity index (χ4v) is 3.33. The van der Waals surface area contributed by atoms with Crippen molar-refractivity contribution >= 4 is 17.8 Å². The van der Waals surface area contributed by atoms with Gasteiger partial charge in [0.05, 0.1) is 12.7 Å². The summed E-state index contributed by atoms with van der Waals surface area (Å²) in [6.07, 6.45) is -4.58. The number of halogens is 3. The number of anilines is 1. The Morgan fingerprint density at radius 1 is 1.06 bits per heavy atom. The molecule has 12 heteroatoms. The van der Waals surface area contributed by atoms with Crippen LogP contribution in [-0.4, -0.2) is 34.2 Å². The summed E-state index contributed by atoms with van der Waals surface area (Å²) in [5, 5.41) is 19.3. The van der Waals surface area contributed by atoms with Gasteiger partial charge in [-0.15, -0.1) is 0 Å². The van der Waals surface area contributed by atoms with Gasteiger partial charge in [-0.05, 0) is 23.8 Å². The molecule has 5 N–H and O–H groups in total. The molecule has 0 aliphatic rings. The molecule has 9 nitrogen and oxygen atoms in total. The maximum atomic E-state index is 13.0. The topological polar surface area (TPSA) is 152 Å². The Balaban J connectivity index is 2.22. The first kappa shape index (κ1) is 24.2. The number of carboxylic acids is 2. The minimum Gasteiger partial charge on any atom is -0.493 e. The summed E-state index contributed by atoms with van der Waals surface area (Å²) in [6.45, 7) is -0.416. The number of H-pyrrole nitrogens is 1. The number of para-hydroxylation sites is 1. The number of alkyl halides is 3. The highest BCUT2D eigenvalue weighted by atomic mass is 19.4.